The molecule has 1 aromatic carbocycles. The molecule has 0 saturated heterocycles. The molecule has 116 valence electrons. The highest BCUT2D eigenvalue weighted by molar-refractivity contribution is 6.30. The van der Waals surface area contributed by atoms with Crippen molar-refractivity contribution < 1.29 is 23.8 Å². The Morgan fingerprint density at radius 1 is 1.48 bits per heavy atom. The van der Waals surface area contributed by atoms with E-state index in [1.54, 1.807) is 0 Å². The molecular formula is C14H17ClFNO4. The normalized spacial score (nSPS) is 12.0. The third-order valence-electron chi connectivity index (χ3n) is 2.74. The Morgan fingerprint density at radius 2 is 2.19 bits per heavy atom. The summed E-state index contributed by atoms with van der Waals surface area (Å²) in [5.74, 6) is -2.11. The van der Waals surface area contributed by atoms with Gasteiger partial charge in [-0.3, -0.25) is 9.59 Å². The number of nitrogens with one attached hydrogen (secondary N) is 1. The molecule has 2 N–H and O–H groups in total. The van der Waals surface area contributed by atoms with Crippen LogP contribution < -0.4 is 5.32 Å². The molecule has 1 aromatic rings. The number of carbonyl (C=O) groups excluding carboxylic acids is 1. The largest absolute Gasteiger partial charge is 0.481 e. The van der Waals surface area contributed by atoms with Gasteiger partial charge in [-0.2, -0.15) is 0 Å². The molecule has 0 spiro atoms. The lowest BCUT2D eigenvalue weighted by atomic mass is 10.0. The van der Waals surface area contributed by atoms with Gasteiger partial charge in [0.25, 0.3) is 0 Å². The molecular weight excluding hydrogens is 301 g/mol. The van der Waals surface area contributed by atoms with Gasteiger partial charge in [0.05, 0.1) is 24.1 Å². The molecule has 1 unspecified atom stereocenters. The zero-order valence-corrected chi connectivity index (χ0v) is 12.3. The number of amides is 1. The summed E-state index contributed by atoms with van der Waals surface area (Å²) in [4.78, 5) is 22.6. The average Bonchev–Trinajstić information content (AvgIpc) is 2.41. The van der Waals surface area contributed by atoms with Gasteiger partial charge in [-0.1, -0.05) is 17.7 Å². The first-order valence-corrected chi connectivity index (χ1v) is 6.85. The molecule has 0 bridgehead atoms. The van der Waals surface area contributed by atoms with Gasteiger partial charge in [0.15, 0.2) is 0 Å². The highest BCUT2D eigenvalue weighted by Crippen LogP contribution is 2.22. The SMILES string of the molecule is CCOCCC(=O)NC(CC(=O)O)c1ccc(Cl)c(F)c1. The van der Waals surface area contributed by atoms with E-state index in [-0.39, 0.29) is 30.4 Å². The fourth-order valence-electron chi connectivity index (χ4n) is 1.73. The Labute approximate surface area is 127 Å². The molecule has 1 atom stereocenters. The number of hydrogen-bond acceptors (Lipinski definition) is 3. The van der Waals surface area contributed by atoms with Crippen LogP contribution in [0, 0.1) is 5.82 Å². The molecule has 0 aliphatic rings. The quantitative estimate of drug-likeness (QED) is 0.722. The summed E-state index contributed by atoms with van der Waals surface area (Å²) in [6, 6.07) is 3.12. The Hall–Kier alpha value is -1.66. The summed E-state index contributed by atoms with van der Waals surface area (Å²) in [5, 5.41) is 11.4. The van der Waals surface area contributed by atoms with Crippen LogP contribution >= 0.6 is 11.6 Å². The van der Waals surface area contributed by atoms with Crippen LogP contribution in [0.5, 0.6) is 0 Å². The lowest BCUT2D eigenvalue weighted by molar-refractivity contribution is -0.137. The minimum absolute atomic E-state index is 0.0597. The zero-order chi connectivity index (χ0) is 15.8. The molecule has 0 aromatic heterocycles. The Morgan fingerprint density at radius 3 is 2.76 bits per heavy atom. The second kappa shape index (κ2) is 8.59. The van der Waals surface area contributed by atoms with Crippen molar-refractivity contribution in [3.8, 4) is 0 Å². The first-order valence-electron chi connectivity index (χ1n) is 6.48. The minimum atomic E-state index is -1.10. The maximum absolute atomic E-state index is 13.5. The lowest BCUT2D eigenvalue weighted by Gasteiger charge is -2.18. The van der Waals surface area contributed by atoms with Crippen molar-refractivity contribution in [2.75, 3.05) is 13.2 Å². The summed E-state index contributed by atoms with van der Waals surface area (Å²) in [6.45, 7) is 2.55. The van der Waals surface area contributed by atoms with Crippen molar-refractivity contribution in [1.29, 1.82) is 0 Å². The molecule has 0 fully saturated rings. The van der Waals surface area contributed by atoms with E-state index in [9.17, 15) is 14.0 Å². The number of hydrogen-bond donors (Lipinski definition) is 2. The second-order valence-corrected chi connectivity index (χ2v) is 4.75. The Kier molecular flexibility index (Phi) is 7.11. The van der Waals surface area contributed by atoms with Crippen LogP contribution in [0.15, 0.2) is 18.2 Å². The molecule has 1 amide bonds. The van der Waals surface area contributed by atoms with Crippen molar-refractivity contribution in [2.24, 2.45) is 0 Å². The van der Waals surface area contributed by atoms with Gasteiger partial charge < -0.3 is 15.2 Å². The highest BCUT2D eigenvalue weighted by Gasteiger charge is 2.19. The number of aliphatic carboxylic acids is 1. The number of carboxylic acid groups (broad SMARTS) is 1. The van der Waals surface area contributed by atoms with E-state index in [2.05, 4.69) is 5.32 Å². The van der Waals surface area contributed by atoms with Crippen LogP contribution in [0.3, 0.4) is 0 Å². The molecule has 7 heteroatoms. The van der Waals surface area contributed by atoms with Crippen molar-refractivity contribution in [2.45, 2.75) is 25.8 Å². The van der Waals surface area contributed by atoms with Gasteiger partial charge in [0.2, 0.25) is 5.91 Å². The summed E-state index contributed by atoms with van der Waals surface area (Å²) in [6.07, 6.45) is -0.235. The van der Waals surface area contributed by atoms with Crippen molar-refractivity contribution in [3.63, 3.8) is 0 Å². The maximum atomic E-state index is 13.5. The van der Waals surface area contributed by atoms with Gasteiger partial charge in [0, 0.05) is 13.0 Å². The van der Waals surface area contributed by atoms with Gasteiger partial charge in [-0.05, 0) is 24.6 Å². The zero-order valence-electron chi connectivity index (χ0n) is 11.6. The number of ether oxygens (including phenoxy) is 1. The van der Waals surface area contributed by atoms with Crippen LogP contribution in [0.25, 0.3) is 0 Å². The Bertz CT molecular complexity index is 510. The third-order valence-corrected chi connectivity index (χ3v) is 3.04. The van der Waals surface area contributed by atoms with Crippen LogP contribution in [0.2, 0.25) is 5.02 Å². The number of halogens is 2. The summed E-state index contributed by atoms with van der Waals surface area (Å²) in [7, 11) is 0. The molecule has 0 saturated carbocycles. The molecule has 21 heavy (non-hydrogen) atoms. The summed E-state index contributed by atoms with van der Waals surface area (Å²) < 4.78 is 18.5. The van der Waals surface area contributed by atoms with E-state index in [1.807, 2.05) is 6.92 Å². The van der Waals surface area contributed by atoms with Crippen LogP contribution in [-0.2, 0) is 14.3 Å². The standard InChI is InChI=1S/C14H17ClFNO4/c1-2-21-6-5-13(18)17-12(8-14(19)20)9-3-4-10(15)11(16)7-9/h3-4,7,12H,2,5-6,8H2,1H3,(H,17,18)(H,19,20). The predicted octanol–water partition coefficient (Wildman–Crippen LogP) is 2.54. The third kappa shape index (κ3) is 6.10. The predicted molar refractivity (Wildman–Crippen MR) is 75.7 cm³/mol. The van der Waals surface area contributed by atoms with Crippen LogP contribution in [0.1, 0.15) is 31.4 Å². The van der Waals surface area contributed by atoms with Crippen molar-refractivity contribution >= 4 is 23.5 Å². The molecule has 0 aliphatic heterocycles. The number of benzene rings is 1. The molecule has 0 aliphatic carbocycles. The van der Waals surface area contributed by atoms with Gasteiger partial charge >= 0.3 is 5.97 Å². The van der Waals surface area contributed by atoms with Gasteiger partial charge in [-0.25, -0.2) is 4.39 Å². The minimum Gasteiger partial charge on any atom is -0.481 e. The van der Waals surface area contributed by atoms with Crippen molar-refractivity contribution in [1.82, 2.24) is 5.32 Å². The molecule has 1 rings (SSSR count). The second-order valence-electron chi connectivity index (χ2n) is 4.34. The van der Waals surface area contributed by atoms with Crippen LogP contribution in [-0.4, -0.2) is 30.2 Å². The van der Waals surface area contributed by atoms with E-state index in [0.717, 1.165) is 6.07 Å². The van der Waals surface area contributed by atoms with Gasteiger partial charge in [0.1, 0.15) is 5.82 Å². The topological polar surface area (TPSA) is 75.6 Å². The lowest BCUT2D eigenvalue weighted by Crippen LogP contribution is -2.30. The fourth-order valence-corrected chi connectivity index (χ4v) is 1.85. The molecule has 0 heterocycles. The highest BCUT2D eigenvalue weighted by atomic mass is 35.5. The summed E-state index contributed by atoms with van der Waals surface area (Å²) in [5.41, 5.74) is 0.351. The number of carbonyl (C=O) groups is 2. The molecule has 5 nitrogen and oxygen atoms in total. The van der Waals surface area contributed by atoms with E-state index in [4.69, 9.17) is 21.4 Å². The van der Waals surface area contributed by atoms with Crippen molar-refractivity contribution in [3.05, 3.63) is 34.6 Å². The van der Waals surface area contributed by atoms with E-state index < -0.39 is 17.8 Å². The summed E-state index contributed by atoms with van der Waals surface area (Å²) >= 11 is 5.59. The first kappa shape index (κ1) is 17.4. The Balaban J connectivity index is 2.77. The van der Waals surface area contributed by atoms with Gasteiger partial charge in [-0.15, -0.1) is 0 Å². The monoisotopic (exact) mass is 317 g/mol. The fraction of sp³-hybridized carbons (Fsp3) is 0.429. The first-order chi connectivity index (χ1) is 9.93. The number of rotatable bonds is 8. The van der Waals surface area contributed by atoms with E-state index in [1.165, 1.54) is 12.1 Å². The molecule has 0 radical (unpaired) electrons. The average molecular weight is 318 g/mol. The maximum Gasteiger partial charge on any atom is 0.305 e. The van der Waals surface area contributed by atoms with Crippen LogP contribution in [0.4, 0.5) is 4.39 Å². The smallest absolute Gasteiger partial charge is 0.305 e. The number of carboxylic acids is 1. The van der Waals surface area contributed by atoms with E-state index >= 15 is 0 Å². The van der Waals surface area contributed by atoms with E-state index in [0.29, 0.717) is 12.2 Å².